The Hall–Kier alpha value is -4.14. The molecule has 1 saturated heterocycles. The zero-order valence-corrected chi connectivity index (χ0v) is 24.8. The average Bonchev–Trinajstić information content (AvgIpc) is 3.33. The quantitative estimate of drug-likeness (QED) is 0.260. The standard InChI is InChI=1S/C32H39N5O4/c1-31(2,3)40-29(38)36-17-14-23-11-10-22(18-27(23)36)21-37(30(39)41-32(4,5)6)28-20-33-25-13-12-24(19-26(25)34-28)35-15-8-7-9-16-35/h10-14,17-20H,7-9,15-16,21H2,1-6H3. The lowest BCUT2D eigenvalue weighted by atomic mass is 10.1. The highest BCUT2D eigenvalue weighted by molar-refractivity contribution is 5.91. The van der Waals surface area contributed by atoms with Gasteiger partial charge in [0.2, 0.25) is 0 Å². The molecule has 2 aromatic heterocycles. The second-order valence-electron chi connectivity index (χ2n) is 12.6. The summed E-state index contributed by atoms with van der Waals surface area (Å²) in [6.45, 7) is 13.2. The molecule has 0 N–H and O–H groups in total. The number of benzene rings is 2. The normalized spacial score (nSPS) is 14.3. The molecule has 0 aliphatic carbocycles. The summed E-state index contributed by atoms with van der Waals surface area (Å²) in [6.07, 6.45) is 5.93. The third kappa shape index (κ3) is 6.78. The van der Waals surface area contributed by atoms with E-state index in [0.717, 1.165) is 35.2 Å². The number of hydrogen-bond donors (Lipinski definition) is 0. The van der Waals surface area contributed by atoms with Gasteiger partial charge in [-0.1, -0.05) is 12.1 Å². The van der Waals surface area contributed by atoms with Crippen LogP contribution >= 0.6 is 0 Å². The summed E-state index contributed by atoms with van der Waals surface area (Å²) in [5.74, 6) is 0.394. The van der Waals surface area contributed by atoms with E-state index < -0.39 is 23.4 Å². The van der Waals surface area contributed by atoms with Crippen LogP contribution in [0.3, 0.4) is 0 Å². The highest BCUT2D eigenvalue weighted by Gasteiger charge is 2.26. The van der Waals surface area contributed by atoms with Crippen molar-refractivity contribution in [3.05, 3.63) is 60.4 Å². The van der Waals surface area contributed by atoms with Gasteiger partial charge in [-0.2, -0.15) is 0 Å². The second-order valence-corrected chi connectivity index (χ2v) is 12.6. The van der Waals surface area contributed by atoms with Crippen LogP contribution in [0.5, 0.6) is 0 Å². The number of carbonyl (C=O) groups is 2. The molecule has 5 rings (SSSR count). The summed E-state index contributed by atoms with van der Waals surface area (Å²) in [4.78, 5) is 39.7. The first kappa shape index (κ1) is 28.4. The van der Waals surface area contributed by atoms with Crippen LogP contribution in [0.25, 0.3) is 21.9 Å². The number of nitrogens with zero attached hydrogens (tertiary/aromatic N) is 5. The maximum Gasteiger partial charge on any atom is 0.418 e. The van der Waals surface area contributed by atoms with Gasteiger partial charge in [0, 0.05) is 30.4 Å². The first-order valence-electron chi connectivity index (χ1n) is 14.2. The molecule has 0 radical (unpaired) electrons. The van der Waals surface area contributed by atoms with E-state index in [1.165, 1.54) is 28.7 Å². The molecule has 3 heterocycles. The maximum atomic E-state index is 13.5. The molecule has 0 atom stereocenters. The molecule has 41 heavy (non-hydrogen) atoms. The van der Waals surface area contributed by atoms with Gasteiger partial charge in [0.25, 0.3) is 0 Å². The van der Waals surface area contributed by atoms with Gasteiger partial charge in [0.15, 0.2) is 5.82 Å². The van der Waals surface area contributed by atoms with Crippen molar-refractivity contribution in [3.63, 3.8) is 0 Å². The Labute approximate surface area is 241 Å². The second kappa shape index (κ2) is 11.0. The molecule has 0 unspecified atom stereocenters. The van der Waals surface area contributed by atoms with Crippen LogP contribution < -0.4 is 9.80 Å². The number of anilines is 2. The molecule has 1 fully saturated rings. The van der Waals surface area contributed by atoms with Gasteiger partial charge in [0.05, 0.1) is 29.3 Å². The lowest BCUT2D eigenvalue weighted by Gasteiger charge is -2.29. The van der Waals surface area contributed by atoms with Crippen molar-refractivity contribution in [2.75, 3.05) is 22.9 Å². The lowest BCUT2D eigenvalue weighted by Crippen LogP contribution is -2.37. The van der Waals surface area contributed by atoms with Gasteiger partial charge >= 0.3 is 12.2 Å². The Morgan fingerprint density at radius 2 is 1.61 bits per heavy atom. The van der Waals surface area contributed by atoms with E-state index in [1.54, 1.807) is 12.4 Å². The smallest absolute Gasteiger partial charge is 0.418 e. The Morgan fingerprint density at radius 3 is 2.32 bits per heavy atom. The van der Waals surface area contributed by atoms with Crippen molar-refractivity contribution >= 4 is 45.6 Å². The third-order valence-corrected chi connectivity index (χ3v) is 6.81. The Kier molecular flexibility index (Phi) is 7.64. The van der Waals surface area contributed by atoms with Crippen LogP contribution in [0.2, 0.25) is 0 Å². The molecule has 0 saturated carbocycles. The molecule has 216 valence electrons. The fourth-order valence-electron chi connectivity index (χ4n) is 4.95. The predicted octanol–water partition coefficient (Wildman–Crippen LogP) is 7.30. The number of fused-ring (bicyclic) bond motifs is 2. The molecule has 9 heteroatoms. The van der Waals surface area contributed by atoms with Crippen LogP contribution in [-0.4, -0.2) is 51.0 Å². The van der Waals surface area contributed by atoms with Crippen LogP contribution in [0.1, 0.15) is 66.4 Å². The molecule has 9 nitrogen and oxygen atoms in total. The number of hydrogen-bond acceptors (Lipinski definition) is 7. The Morgan fingerprint density at radius 1 is 0.878 bits per heavy atom. The summed E-state index contributed by atoms with van der Waals surface area (Å²) in [7, 11) is 0. The zero-order valence-electron chi connectivity index (χ0n) is 24.8. The van der Waals surface area contributed by atoms with E-state index >= 15 is 0 Å². The van der Waals surface area contributed by atoms with Crippen molar-refractivity contribution in [2.45, 2.75) is 78.6 Å². The summed E-state index contributed by atoms with van der Waals surface area (Å²) in [6, 6.07) is 13.7. The van der Waals surface area contributed by atoms with Crippen molar-refractivity contribution in [3.8, 4) is 0 Å². The molecular weight excluding hydrogens is 518 g/mol. The molecular formula is C32H39N5O4. The third-order valence-electron chi connectivity index (χ3n) is 6.81. The van der Waals surface area contributed by atoms with Crippen LogP contribution in [0.15, 0.2) is 54.9 Å². The molecule has 4 aromatic rings. The Bertz CT molecular complexity index is 1570. The average molecular weight is 558 g/mol. The molecule has 1 aliphatic rings. The van der Waals surface area contributed by atoms with Crippen LogP contribution in [0.4, 0.5) is 21.1 Å². The molecule has 2 aromatic carbocycles. The van der Waals surface area contributed by atoms with Gasteiger partial charge in [-0.25, -0.2) is 14.6 Å². The summed E-state index contributed by atoms with van der Waals surface area (Å²) >= 11 is 0. The first-order chi connectivity index (χ1) is 19.4. The van der Waals surface area contributed by atoms with Gasteiger partial charge in [-0.15, -0.1) is 0 Å². The summed E-state index contributed by atoms with van der Waals surface area (Å²) in [5, 5.41) is 0.888. The number of aromatic nitrogens is 3. The molecule has 0 bridgehead atoms. The molecule has 1 aliphatic heterocycles. The van der Waals surface area contributed by atoms with Crippen LogP contribution in [0, 0.1) is 0 Å². The highest BCUT2D eigenvalue weighted by atomic mass is 16.6. The number of piperidine rings is 1. The van der Waals surface area contributed by atoms with Gasteiger partial charge in [0.1, 0.15) is 11.2 Å². The lowest BCUT2D eigenvalue weighted by molar-refractivity contribution is 0.0540. The first-order valence-corrected chi connectivity index (χ1v) is 14.2. The fourth-order valence-corrected chi connectivity index (χ4v) is 4.95. The van der Waals surface area contributed by atoms with Gasteiger partial charge < -0.3 is 14.4 Å². The molecule has 0 spiro atoms. The van der Waals surface area contributed by atoms with Crippen molar-refractivity contribution in [2.24, 2.45) is 0 Å². The topological polar surface area (TPSA) is 89.8 Å². The largest absolute Gasteiger partial charge is 0.443 e. The van der Waals surface area contributed by atoms with Crippen molar-refractivity contribution in [1.29, 1.82) is 0 Å². The SMILES string of the molecule is CC(C)(C)OC(=O)N(Cc1ccc2ccn(C(=O)OC(C)(C)C)c2c1)c1cnc2ccc(N3CCCCC3)cc2n1. The minimum absolute atomic E-state index is 0.177. The number of ether oxygens (including phenoxy) is 2. The van der Waals surface area contributed by atoms with E-state index in [1.807, 2.05) is 77.9 Å². The highest BCUT2D eigenvalue weighted by Crippen LogP contribution is 2.27. The van der Waals surface area contributed by atoms with E-state index in [0.29, 0.717) is 16.9 Å². The molecule has 1 amide bonds. The Balaban J connectivity index is 1.50. The van der Waals surface area contributed by atoms with E-state index in [4.69, 9.17) is 14.5 Å². The summed E-state index contributed by atoms with van der Waals surface area (Å²) < 4.78 is 12.8. The minimum Gasteiger partial charge on any atom is -0.443 e. The number of amides is 1. The zero-order chi connectivity index (χ0) is 29.4. The minimum atomic E-state index is -0.698. The predicted molar refractivity (Wildman–Crippen MR) is 162 cm³/mol. The summed E-state index contributed by atoms with van der Waals surface area (Å²) in [5.41, 5.74) is 2.76. The monoisotopic (exact) mass is 557 g/mol. The maximum absolute atomic E-state index is 13.5. The van der Waals surface area contributed by atoms with E-state index in [9.17, 15) is 9.59 Å². The number of rotatable bonds is 4. The fraction of sp³-hybridized carbons (Fsp3) is 0.438. The van der Waals surface area contributed by atoms with Gasteiger partial charge in [-0.3, -0.25) is 14.5 Å². The van der Waals surface area contributed by atoms with E-state index in [2.05, 4.69) is 16.0 Å². The van der Waals surface area contributed by atoms with Crippen LogP contribution in [-0.2, 0) is 16.0 Å². The van der Waals surface area contributed by atoms with Crippen molar-refractivity contribution < 1.29 is 19.1 Å². The number of carbonyl (C=O) groups excluding carboxylic acids is 2. The van der Waals surface area contributed by atoms with E-state index in [-0.39, 0.29) is 6.54 Å². The van der Waals surface area contributed by atoms with Gasteiger partial charge in [-0.05, 0) is 96.7 Å². The van der Waals surface area contributed by atoms with Crippen molar-refractivity contribution in [1.82, 2.24) is 14.5 Å².